The van der Waals surface area contributed by atoms with Crippen LogP contribution in [0.4, 0.5) is 11.4 Å². The van der Waals surface area contributed by atoms with Crippen molar-refractivity contribution < 1.29 is 27.5 Å². The lowest BCUT2D eigenvalue weighted by Crippen LogP contribution is -2.30. The summed E-state index contributed by atoms with van der Waals surface area (Å²) in [4.78, 5) is 27.0. The molecule has 2 aromatic carbocycles. The monoisotopic (exact) mass is 472 g/mol. The maximum absolute atomic E-state index is 13.2. The number of hydrogen-bond acceptors (Lipinski definition) is 6. The van der Waals surface area contributed by atoms with Crippen molar-refractivity contribution in [3.63, 3.8) is 0 Å². The van der Waals surface area contributed by atoms with Gasteiger partial charge in [-0.25, -0.2) is 8.42 Å². The van der Waals surface area contributed by atoms with E-state index in [2.05, 4.69) is 5.32 Å². The molecule has 0 spiro atoms. The molecule has 2 amide bonds. The predicted molar refractivity (Wildman–Crippen MR) is 125 cm³/mol. The van der Waals surface area contributed by atoms with E-state index >= 15 is 0 Å². The summed E-state index contributed by atoms with van der Waals surface area (Å²) in [5, 5.41) is 1.79. The van der Waals surface area contributed by atoms with E-state index in [4.69, 9.17) is 9.47 Å². The van der Waals surface area contributed by atoms with Crippen LogP contribution in [0.3, 0.4) is 0 Å². The fraction of sp³-hybridized carbons (Fsp3) is 0.417. The molecule has 9 heteroatoms. The van der Waals surface area contributed by atoms with Crippen molar-refractivity contribution in [2.75, 3.05) is 31.0 Å². The van der Waals surface area contributed by atoms with Crippen molar-refractivity contribution in [2.45, 2.75) is 42.8 Å². The number of fused-ring (bicyclic) bond motifs is 1. The minimum atomic E-state index is -3.73. The van der Waals surface area contributed by atoms with Gasteiger partial charge in [0.25, 0.3) is 0 Å². The third-order valence-corrected chi connectivity index (χ3v) is 8.24. The third kappa shape index (κ3) is 4.83. The van der Waals surface area contributed by atoms with Crippen molar-refractivity contribution in [1.82, 2.24) is 0 Å². The zero-order valence-electron chi connectivity index (χ0n) is 19.0. The Morgan fingerprint density at radius 2 is 1.76 bits per heavy atom. The quantitative estimate of drug-likeness (QED) is 0.633. The van der Waals surface area contributed by atoms with Crippen LogP contribution in [0, 0.1) is 5.92 Å². The van der Waals surface area contributed by atoms with Crippen molar-refractivity contribution in [2.24, 2.45) is 5.92 Å². The van der Waals surface area contributed by atoms with Gasteiger partial charge in [-0.15, -0.1) is 0 Å². The Morgan fingerprint density at radius 1 is 1.09 bits per heavy atom. The lowest BCUT2D eigenvalue weighted by atomic mass is 10.2. The van der Waals surface area contributed by atoms with Gasteiger partial charge in [0.15, 0.2) is 9.84 Å². The van der Waals surface area contributed by atoms with Gasteiger partial charge >= 0.3 is 0 Å². The summed E-state index contributed by atoms with van der Waals surface area (Å²) in [5.41, 5.74) is 2.10. The molecule has 0 bridgehead atoms. The summed E-state index contributed by atoms with van der Waals surface area (Å²) in [6.45, 7) is 2.10. The number of carbonyl (C=O) groups excluding carboxylic acids is 2. The molecule has 176 valence electrons. The van der Waals surface area contributed by atoms with E-state index in [1.54, 1.807) is 35.2 Å². The Kier molecular flexibility index (Phi) is 6.34. The Balaban J connectivity index is 1.45. The first-order chi connectivity index (χ1) is 15.7. The number of hydrogen-bond donors (Lipinski definition) is 1. The minimum absolute atomic E-state index is 0.113. The molecule has 1 atom stereocenters. The van der Waals surface area contributed by atoms with Crippen molar-refractivity contribution in [3.8, 4) is 11.5 Å². The van der Waals surface area contributed by atoms with Crippen LogP contribution in [0.15, 0.2) is 41.3 Å². The highest BCUT2D eigenvalue weighted by Crippen LogP contribution is 2.37. The molecular formula is C24H28N2O6S. The number of benzene rings is 2. The predicted octanol–water partition coefficient (Wildman–Crippen LogP) is 3.19. The summed E-state index contributed by atoms with van der Waals surface area (Å²) in [6.07, 6.45) is 2.29. The third-order valence-electron chi connectivity index (χ3n) is 6.11. The van der Waals surface area contributed by atoms with Crippen LogP contribution in [0.5, 0.6) is 11.5 Å². The first kappa shape index (κ1) is 23.1. The van der Waals surface area contributed by atoms with Crippen molar-refractivity contribution in [1.29, 1.82) is 0 Å². The highest BCUT2D eigenvalue weighted by atomic mass is 32.2. The molecule has 1 aliphatic carbocycles. The van der Waals surface area contributed by atoms with Crippen LogP contribution in [-0.4, -0.2) is 46.2 Å². The van der Waals surface area contributed by atoms with E-state index in [0.717, 1.165) is 24.1 Å². The van der Waals surface area contributed by atoms with Gasteiger partial charge < -0.3 is 19.7 Å². The molecule has 1 N–H and O–H groups in total. The maximum Gasteiger partial charge on any atom is 0.230 e. The number of carbonyl (C=O) groups is 2. The number of sulfone groups is 1. The maximum atomic E-state index is 13.2. The molecule has 0 aromatic heterocycles. The van der Waals surface area contributed by atoms with Gasteiger partial charge in [0.1, 0.15) is 11.5 Å². The van der Waals surface area contributed by atoms with Crippen molar-refractivity contribution in [3.05, 3.63) is 42.0 Å². The molecule has 1 heterocycles. The molecule has 33 heavy (non-hydrogen) atoms. The van der Waals surface area contributed by atoms with Crippen LogP contribution < -0.4 is 19.7 Å². The molecule has 2 aromatic rings. The zero-order valence-corrected chi connectivity index (χ0v) is 19.8. The van der Waals surface area contributed by atoms with Crippen molar-refractivity contribution >= 4 is 33.0 Å². The molecule has 1 saturated carbocycles. The van der Waals surface area contributed by atoms with E-state index in [1.165, 1.54) is 27.2 Å². The van der Waals surface area contributed by atoms with Gasteiger partial charge in [-0.1, -0.05) is 0 Å². The van der Waals surface area contributed by atoms with E-state index in [9.17, 15) is 18.0 Å². The zero-order chi connectivity index (χ0) is 23.8. The van der Waals surface area contributed by atoms with E-state index in [-0.39, 0.29) is 23.1 Å². The lowest BCUT2D eigenvalue weighted by Gasteiger charge is -2.18. The summed E-state index contributed by atoms with van der Waals surface area (Å²) < 4.78 is 36.7. The average Bonchev–Trinajstić information content (AvgIpc) is 3.56. The summed E-state index contributed by atoms with van der Waals surface area (Å²) in [5.74, 6) is 0.838. The minimum Gasteiger partial charge on any atom is -0.497 e. The van der Waals surface area contributed by atoms with E-state index in [1.807, 2.05) is 0 Å². The molecule has 0 saturated heterocycles. The summed E-state index contributed by atoms with van der Waals surface area (Å²) >= 11 is 0. The molecule has 4 rings (SSSR count). The Hall–Kier alpha value is -3.07. The van der Waals surface area contributed by atoms with Gasteiger partial charge in [-0.05, 0) is 49.9 Å². The first-order valence-corrected chi connectivity index (χ1v) is 12.5. The second-order valence-electron chi connectivity index (χ2n) is 8.51. The fourth-order valence-corrected chi connectivity index (χ4v) is 5.43. The van der Waals surface area contributed by atoms with Crippen LogP contribution in [0.1, 0.15) is 31.7 Å². The summed E-state index contributed by atoms with van der Waals surface area (Å²) in [6, 6.07) is 9.84. The molecule has 1 aliphatic heterocycles. The number of amides is 2. The molecule has 8 nitrogen and oxygen atoms in total. The normalized spacial score (nSPS) is 16.2. The molecular weight excluding hydrogens is 444 g/mol. The van der Waals surface area contributed by atoms with E-state index in [0.29, 0.717) is 30.2 Å². The number of nitrogens with zero attached hydrogens (tertiary/aromatic N) is 1. The molecule has 0 radical (unpaired) electrons. The average molecular weight is 473 g/mol. The standard InChI is InChI=1S/C24H28N2O6S/c1-15(10-23(27)25-18-12-19(31-2)14-20(13-18)32-3)33(29,30)21-6-7-22-17(11-21)8-9-26(22)24(28)16-4-5-16/h6-7,11-16H,4-5,8-10H2,1-3H3,(H,25,27)/t15-/m0/s1. The highest BCUT2D eigenvalue weighted by molar-refractivity contribution is 7.92. The highest BCUT2D eigenvalue weighted by Gasteiger charge is 2.37. The Bertz CT molecular complexity index is 1170. The second kappa shape index (κ2) is 9.05. The lowest BCUT2D eigenvalue weighted by molar-refractivity contribution is -0.119. The van der Waals surface area contributed by atoms with Crippen LogP contribution >= 0.6 is 0 Å². The smallest absolute Gasteiger partial charge is 0.230 e. The van der Waals surface area contributed by atoms with Gasteiger partial charge in [-0.3, -0.25) is 9.59 Å². The van der Waals surface area contributed by atoms with Gasteiger partial charge in [0.2, 0.25) is 11.8 Å². The fourth-order valence-electron chi connectivity index (χ4n) is 4.03. The van der Waals surface area contributed by atoms with Crippen LogP contribution in [0.25, 0.3) is 0 Å². The Morgan fingerprint density at radius 3 is 2.36 bits per heavy atom. The largest absolute Gasteiger partial charge is 0.497 e. The number of methoxy groups -OCH3 is 2. The molecule has 0 unspecified atom stereocenters. The van der Waals surface area contributed by atoms with Crippen LogP contribution in [-0.2, 0) is 25.8 Å². The topological polar surface area (TPSA) is 102 Å². The number of anilines is 2. The molecule has 2 aliphatic rings. The Labute approximate surface area is 193 Å². The SMILES string of the molecule is COc1cc(NC(=O)C[C@H](C)S(=O)(=O)c2ccc3c(c2)CCN3C(=O)C2CC2)cc(OC)c1. The van der Waals surface area contributed by atoms with Gasteiger partial charge in [-0.2, -0.15) is 0 Å². The first-order valence-electron chi connectivity index (χ1n) is 10.9. The van der Waals surface area contributed by atoms with Crippen LogP contribution in [0.2, 0.25) is 0 Å². The number of ether oxygens (including phenoxy) is 2. The van der Waals surface area contributed by atoms with Gasteiger partial charge in [0.05, 0.1) is 24.4 Å². The number of nitrogens with one attached hydrogen (secondary N) is 1. The summed E-state index contributed by atoms with van der Waals surface area (Å²) in [7, 11) is -0.716. The van der Waals surface area contributed by atoms with E-state index < -0.39 is 21.0 Å². The van der Waals surface area contributed by atoms with Gasteiger partial charge in [0, 0.05) is 48.5 Å². The molecule has 1 fully saturated rings. The number of rotatable bonds is 8. The second-order valence-corrected chi connectivity index (χ2v) is 10.9.